The summed E-state index contributed by atoms with van der Waals surface area (Å²) in [7, 11) is 0. The van der Waals surface area contributed by atoms with Gasteiger partial charge in [0.05, 0.1) is 11.4 Å². The second-order valence-electron chi connectivity index (χ2n) is 7.95. The van der Waals surface area contributed by atoms with Crippen LogP contribution < -0.4 is 5.32 Å². The summed E-state index contributed by atoms with van der Waals surface area (Å²) in [6, 6.07) is 5.90. The van der Waals surface area contributed by atoms with Crippen LogP contribution in [0.4, 0.5) is 10.2 Å². The Morgan fingerprint density at radius 3 is 2.69 bits per heavy atom. The van der Waals surface area contributed by atoms with Crippen molar-refractivity contribution in [3.63, 3.8) is 0 Å². The van der Waals surface area contributed by atoms with Crippen LogP contribution >= 0.6 is 0 Å². The van der Waals surface area contributed by atoms with Gasteiger partial charge in [-0.05, 0) is 43.4 Å². The molecule has 150 valence electrons. The van der Waals surface area contributed by atoms with Gasteiger partial charge in [-0.25, -0.2) is 9.37 Å². The third kappa shape index (κ3) is 4.11. The fourth-order valence-electron chi connectivity index (χ4n) is 3.62. The number of anilines is 1. The molecule has 0 spiro atoms. The largest absolute Gasteiger partial charge is 0.310 e. The maximum atomic E-state index is 13.0. The minimum absolute atomic E-state index is 0.296. The van der Waals surface area contributed by atoms with Crippen LogP contribution in [-0.2, 0) is 4.79 Å². The van der Waals surface area contributed by atoms with Crippen molar-refractivity contribution in [3.05, 3.63) is 48.0 Å². The van der Waals surface area contributed by atoms with Crippen LogP contribution in [-0.4, -0.2) is 27.0 Å². The van der Waals surface area contributed by atoms with E-state index in [0.29, 0.717) is 18.2 Å². The molecule has 6 heteroatoms. The molecule has 3 aromatic rings. The van der Waals surface area contributed by atoms with E-state index in [9.17, 15) is 9.18 Å². The third-order valence-corrected chi connectivity index (χ3v) is 5.54. The molecule has 0 saturated heterocycles. The SMILES string of the molecule is CCC[C@@H](C)c1cc(C)c(-c2cnc3cc(NC(=O)[C@H]4C[C@H]4F)ncc3c2)cn1. The number of hydrogen-bond donors (Lipinski definition) is 1. The summed E-state index contributed by atoms with van der Waals surface area (Å²) in [4.78, 5) is 25.4. The third-order valence-electron chi connectivity index (χ3n) is 5.54. The second kappa shape index (κ2) is 7.85. The Balaban J connectivity index is 1.57. The van der Waals surface area contributed by atoms with Crippen LogP contribution in [0, 0.1) is 12.8 Å². The van der Waals surface area contributed by atoms with E-state index in [1.807, 2.05) is 18.5 Å². The lowest BCUT2D eigenvalue weighted by Gasteiger charge is -2.13. The van der Waals surface area contributed by atoms with Gasteiger partial charge in [-0.15, -0.1) is 0 Å². The highest BCUT2D eigenvalue weighted by atomic mass is 19.1. The summed E-state index contributed by atoms with van der Waals surface area (Å²) in [6.07, 6.45) is 6.95. The molecule has 3 atom stereocenters. The topological polar surface area (TPSA) is 67.8 Å². The molecule has 0 aliphatic heterocycles. The fourth-order valence-corrected chi connectivity index (χ4v) is 3.62. The molecule has 1 saturated carbocycles. The van der Waals surface area contributed by atoms with Crippen molar-refractivity contribution in [1.82, 2.24) is 15.0 Å². The minimum Gasteiger partial charge on any atom is -0.310 e. The van der Waals surface area contributed by atoms with Crippen LogP contribution in [0.25, 0.3) is 22.0 Å². The normalized spacial score (nSPS) is 19.2. The van der Waals surface area contributed by atoms with Crippen molar-refractivity contribution in [2.24, 2.45) is 5.92 Å². The van der Waals surface area contributed by atoms with Crippen LogP contribution in [0.3, 0.4) is 0 Å². The van der Waals surface area contributed by atoms with Crippen molar-refractivity contribution in [1.29, 1.82) is 0 Å². The zero-order valence-corrected chi connectivity index (χ0v) is 16.9. The Hall–Kier alpha value is -2.89. The highest BCUT2D eigenvalue weighted by molar-refractivity contribution is 5.95. The van der Waals surface area contributed by atoms with Crippen LogP contribution in [0.2, 0.25) is 0 Å². The first-order valence-corrected chi connectivity index (χ1v) is 10.1. The molecule has 4 rings (SSSR count). The smallest absolute Gasteiger partial charge is 0.231 e. The van der Waals surface area contributed by atoms with Gasteiger partial charge in [0.1, 0.15) is 12.0 Å². The predicted octanol–water partition coefficient (Wildman–Crippen LogP) is 5.20. The number of fused-ring (bicyclic) bond motifs is 1. The minimum atomic E-state index is -1.02. The Morgan fingerprint density at radius 2 is 2.00 bits per heavy atom. The number of hydrogen-bond acceptors (Lipinski definition) is 4. The van der Waals surface area contributed by atoms with Gasteiger partial charge < -0.3 is 5.32 Å². The Bertz CT molecular complexity index is 1070. The van der Waals surface area contributed by atoms with Crippen LogP contribution in [0.5, 0.6) is 0 Å². The molecule has 1 aliphatic rings. The average Bonchev–Trinajstić information content (AvgIpc) is 3.44. The molecule has 3 aromatic heterocycles. The van der Waals surface area contributed by atoms with E-state index >= 15 is 0 Å². The van der Waals surface area contributed by atoms with Crippen LogP contribution in [0.1, 0.15) is 50.3 Å². The molecular formula is C23H25FN4O. The molecule has 29 heavy (non-hydrogen) atoms. The lowest BCUT2D eigenvalue weighted by molar-refractivity contribution is -0.117. The predicted molar refractivity (Wildman–Crippen MR) is 112 cm³/mol. The monoisotopic (exact) mass is 392 g/mol. The Labute approximate surface area is 169 Å². The van der Waals surface area contributed by atoms with Crippen molar-refractivity contribution < 1.29 is 9.18 Å². The maximum absolute atomic E-state index is 13.0. The number of nitrogens with one attached hydrogen (secondary N) is 1. The van der Waals surface area contributed by atoms with E-state index in [-0.39, 0.29) is 5.91 Å². The zero-order valence-electron chi connectivity index (χ0n) is 16.9. The van der Waals surface area contributed by atoms with E-state index in [1.165, 1.54) is 5.56 Å². The van der Waals surface area contributed by atoms with Gasteiger partial charge in [0.2, 0.25) is 5.91 Å². The first-order valence-electron chi connectivity index (χ1n) is 10.1. The van der Waals surface area contributed by atoms with E-state index < -0.39 is 12.1 Å². The molecule has 0 aromatic carbocycles. The second-order valence-corrected chi connectivity index (χ2v) is 7.95. The van der Waals surface area contributed by atoms with Gasteiger partial charge in [-0.1, -0.05) is 20.3 Å². The van der Waals surface area contributed by atoms with E-state index in [0.717, 1.165) is 40.6 Å². The number of alkyl halides is 1. The Kier molecular flexibility index (Phi) is 5.26. The van der Waals surface area contributed by atoms with Crippen molar-refractivity contribution in [2.75, 3.05) is 5.32 Å². The summed E-state index contributed by atoms with van der Waals surface area (Å²) in [5.41, 5.74) is 5.04. The van der Waals surface area contributed by atoms with Crippen molar-refractivity contribution in [2.45, 2.75) is 52.1 Å². The van der Waals surface area contributed by atoms with Crippen LogP contribution in [0.15, 0.2) is 36.8 Å². The number of carbonyl (C=O) groups is 1. The number of rotatable bonds is 6. The molecule has 1 N–H and O–H groups in total. The molecular weight excluding hydrogens is 367 g/mol. The molecule has 0 unspecified atom stereocenters. The summed E-state index contributed by atoms with van der Waals surface area (Å²) in [5, 5.41) is 3.54. The van der Waals surface area contributed by atoms with Gasteiger partial charge in [0.15, 0.2) is 0 Å². The molecule has 5 nitrogen and oxygen atoms in total. The summed E-state index contributed by atoms with van der Waals surface area (Å²) in [5.74, 6) is -0.0148. The quantitative estimate of drug-likeness (QED) is 0.626. The number of aromatic nitrogens is 3. The van der Waals surface area contributed by atoms with Crippen molar-refractivity contribution in [3.8, 4) is 11.1 Å². The van der Waals surface area contributed by atoms with E-state index in [4.69, 9.17) is 0 Å². The molecule has 1 fully saturated rings. The molecule has 1 aliphatic carbocycles. The molecule has 1 amide bonds. The lowest BCUT2D eigenvalue weighted by Crippen LogP contribution is -2.15. The standard InChI is InChI=1S/C23H25FN4O/c1-4-5-13(2)20-6-14(3)18(12-26-20)15-7-16-11-27-22(9-21(16)25-10-15)28-23(29)17-8-19(17)24/h6-7,9-13,17,19H,4-5,8H2,1-3H3,(H,27,28,29)/t13-,17+,19-/m1/s1. The van der Waals surface area contributed by atoms with Gasteiger partial charge >= 0.3 is 0 Å². The van der Waals surface area contributed by atoms with E-state index in [1.54, 1.807) is 12.3 Å². The van der Waals surface area contributed by atoms with Gasteiger partial charge in [0.25, 0.3) is 0 Å². The summed E-state index contributed by atoms with van der Waals surface area (Å²) < 4.78 is 13.0. The number of halogens is 1. The zero-order chi connectivity index (χ0) is 20.5. The first-order chi connectivity index (χ1) is 14.0. The summed E-state index contributed by atoms with van der Waals surface area (Å²) in [6.45, 7) is 6.49. The first kappa shape index (κ1) is 19.4. The fraction of sp³-hybridized carbons (Fsp3) is 0.391. The number of amides is 1. The number of nitrogens with zero attached hydrogens (tertiary/aromatic N) is 3. The maximum Gasteiger partial charge on any atom is 0.231 e. The molecule has 0 bridgehead atoms. The highest BCUT2D eigenvalue weighted by Gasteiger charge is 2.43. The van der Waals surface area contributed by atoms with Gasteiger partial charge in [-0.3, -0.25) is 14.8 Å². The molecule has 0 radical (unpaired) electrons. The number of aryl methyl sites for hydroxylation is 1. The van der Waals surface area contributed by atoms with Gasteiger partial charge in [-0.2, -0.15) is 0 Å². The number of pyridine rings is 3. The van der Waals surface area contributed by atoms with Gasteiger partial charge in [0, 0.05) is 46.9 Å². The Morgan fingerprint density at radius 1 is 1.21 bits per heavy atom. The summed E-state index contributed by atoms with van der Waals surface area (Å²) >= 11 is 0. The van der Waals surface area contributed by atoms with E-state index in [2.05, 4.69) is 47.1 Å². The van der Waals surface area contributed by atoms with Crippen molar-refractivity contribution >= 4 is 22.6 Å². The number of carbonyl (C=O) groups excluding carboxylic acids is 1. The lowest BCUT2D eigenvalue weighted by atomic mass is 9.97. The highest BCUT2D eigenvalue weighted by Crippen LogP contribution is 2.35. The molecule has 3 heterocycles. The average molecular weight is 392 g/mol.